The van der Waals surface area contributed by atoms with Crippen molar-refractivity contribution in [3.8, 4) is 5.69 Å². The number of benzene rings is 1. The minimum Gasteiger partial charge on any atom is -0.465 e. The summed E-state index contributed by atoms with van der Waals surface area (Å²) in [7, 11) is 0. The fraction of sp³-hybridized carbons (Fsp3) is 0.412. The van der Waals surface area contributed by atoms with Crippen LogP contribution in [0, 0.1) is 6.92 Å². The van der Waals surface area contributed by atoms with Crippen molar-refractivity contribution in [3.63, 3.8) is 0 Å². The van der Waals surface area contributed by atoms with Crippen molar-refractivity contribution in [2.75, 3.05) is 13.2 Å². The van der Waals surface area contributed by atoms with Gasteiger partial charge in [0.25, 0.3) is 5.91 Å². The molecule has 132 valence electrons. The number of rotatable bonds is 6. The first-order valence-corrected chi connectivity index (χ1v) is 8.54. The lowest BCUT2D eigenvalue weighted by Crippen LogP contribution is -2.38. The zero-order chi connectivity index (χ0) is 18.0. The van der Waals surface area contributed by atoms with Crippen LogP contribution in [0.1, 0.15) is 35.9 Å². The predicted octanol–water partition coefficient (Wildman–Crippen LogP) is 2.40. The summed E-state index contributed by atoms with van der Waals surface area (Å²) in [6, 6.07) is 7.20. The van der Waals surface area contributed by atoms with Crippen molar-refractivity contribution in [1.82, 2.24) is 19.9 Å². The Kier molecular flexibility index (Phi) is 5.03. The molecule has 0 unspecified atom stereocenters. The minimum absolute atomic E-state index is 0.0626. The Morgan fingerprint density at radius 3 is 2.80 bits per heavy atom. The Bertz CT molecular complexity index is 801. The van der Waals surface area contributed by atoms with Gasteiger partial charge in [-0.15, -0.1) is 5.10 Å². The van der Waals surface area contributed by atoms with E-state index in [4.69, 9.17) is 16.3 Å². The van der Waals surface area contributed by atoms with Crippen LogP contribution in [0.15, 0.2) is 24.3 Å². The molecule has 0 aliphatic heterocycles. The Labute approximate surface area is 150 Å². The Hall–Kier alpha value is -2.41. The zero-order valence-electron chi connectivity index (χ0n) is 14.1. The van der Waals surface area contributed by atoms with E-state index in [0.717, 1.165) is 18.5 Å². The van der Waals surface area contributed by atoms with Gasteiger partial charge in [0.15, 0.2) is 5.69 Å². The van der Waals surface area contributed by atoms with Gasteiger partial charge in [-0.25, -0.2) is 4.68 Å². The highest BCUT2D eigenvalue weighted by Gasteiger charge is 2.36. The number of nitrogens with zero attached hydrogens (tertiary/aromatic N) is 4. The quantitative estimate of drug-likeness (QED) is 0.737. The monoisotopic (exact) mass is 362 g/mol. The Morgan fingerprint density at radius 2 is 2.16 bits per heavy atom. The second-order valence-electron chi connectivity index (χ2n) is 5.88. The number of halogens is 1. The van der Waals surface area contributed by atoms with Gasteiger partial charge in [-0.2, -0.15) is 0 Å². The van der Waals surface area contributed by atoms with E-state index in [1.807, 2.05) is 6.07 Å². The number of hydrogen-bond acceptors (Lipinski definition) is 5. The predicted molar refractivity (Wildman–Crippen MR) is 91.8 cm³/mol. The molecular weight excluding hydrogens is 344 g/mol. The molecule has 0 radical (unpaired) electrons. The van der Waals surface area contributed by atoms with Crippen LogP contribution in [0.4, 0.5) is 0 Å². The van der Waals surface area contributed by atoms with E-state index in [1.165, 1.54) is 4.90 Å². The number of amides is 1. The van der Waals surface area contributed by atoms with Gasteiger partial charge in [0, 0.05) is 11.1 Å². The summed E-state index contributed by atoms with van der Waals surface area (Å²) in [5.74, 6) is -0.719. The van der Waals surface area contributed by atoms with E-state index < -0.39 is 5.97 Å². The largest absolute Gasteiger partial charge is 0.465 e. The highest BCUT2D eigenvalue weighted by atomic mass is 35.5. The molecule has 1 aliphatic carbocycles. The van der Waals surface area contributed by atoms with Gasteiger partial charge in [-0.1, -0.05) is 22.9 Å². The molecule has 7 nitrogen and oxygen atoms in total. The van der Waals surface area contributed by atoms with E-state index in [1.54, 1.807) is 36.7 Å². The van der Waals surface area contributed by atoms with Crippen molar-refractivity contribution in [2.24, 2.45) is 0 Å². The van der Waals surface area contributed by atoms with Gasteiger partial charge in [-0.3, -0.25) is 9.59 Å². The topological polar surface area (TPSA) is 77.3 Å². The summed E-state index contributed by atoms with van der Waals surface area (Å²) >= 11 is 6.02. The summed E-state index contributed by atoms with van der Waals surface area (Å²) in [6.45, 7) is 3.72. The Morgan fingerprint density at radius 1 is 1.40 bits per heavy atom. The molecule has 1 heterocycles. The SMILES string of the molecule is CCOC(=O)CN(C(=O)c1nnn(-c2cccc(Cl)c2)c1C)C1CC1. The third kappa shape index (κ3) is 3.82. The van der Waals surface area contributed by atoms with Gasteiger partial charge in [0.05, 0.1) is 18.0 Å². The highest BCUT2D eigenvalue weighted by molar-refractivity contribution is 6.30. The summed E-state index contributed by atoms with van der Waals surface area (Å²) in [6.07, 6.45) is 1.76. The lowest BCUT2D eigenvalue weighted by atomic mass is 10.2. The maximum absolute atomic E-state index is 12.9. The molecule has 8 heteroatoms. The molecule has 1 fully saturated rings. The van der Waals surface area contributed by atoms with Crippen LogP contribution in [-0.2, 0) is 9.53 Å². The average molecular weight is 363 g/mol. The molecule has 0 spiro atoms. The lowest BCUT2D eigenvalue weighted by Gasteiger charge is -2.20. The average Bonchev–Trinajstić information content (AvgIpc) is 3.34. The van der Waals surface area contributed by atoms with Gasteiger partial charge >= 0.3 is 5.97 Å². The molecule has 1 amide bonds. The van der Waals surface area contributed by atoms with Crippen LogP contribution < -0.4 is 0 Å². The molecule has 1 saturated carbocycles. The highest BCUT2D eigenvalue weighted by Crippen LogP contribution is 2.28. The number of ether oxygens (including phenoxy) is 1. The van der Waals surface area contributed by atoms with E-state index in [0.29, 0.717) is 10.7 Å². The zero-order valence-corrected chi connectivity index (χ0v) is 14.9. The molecular formula is C17H19ClN4O3. The molecule has 0 bridgehead atoms. The number of hydrogen-bond donors (Lipinski definition) is 0. The first-order valence-electron chi connectivity index (χ1n) is 8.16. The van der Waals surface area contributed by atoms with E-state index in [-0.39, 0.29) is 30.8 Å². The maximum atomic E-state index is 12.9. The fourth-order valence-corrected chi connectivity index (χ4v) is 2.80. The standard InChI is InChI=1S/C17H19ClN4O3/c1-3-25-15(23)10-21(13-7-8-13)17(24)16-11(2)22(20-19-16)14-6-4-5-12(18)9-14/h4-6,9,13H,3,7-8,10H2,1-2H3. The lowest BCUT2D eigenvalue weighted by molar-refractivity contribution is -0.144. The second kappa shape index (κ2) is 7.23. The van der Waals surface area contributed by atoms with Crippen molar-refractivity contribution in [3.05, 3.63) is 40.7 Å². The first-order chi connectivity index (χ1) is 12.0. The molecule has 3 rings (SSSR count). The number of carbonyl (C=O) groups excluding carboxylic acids is 2. The van der Waals surface area contributed by atoms with Crippen LogP contribution in [0.2, 0.25) is 5.02 Å². The van der Waals surface area contributed by atoms with E-state index in [9.17, 15) is 9.59 Å². The number of esters is 1. The van der Waals surface area contributed by atoms with Crippen molar-refractivity contribution in [1.29, 1.82) is 0 Å². The molecule has 25 heavy (non-hydrogen) atoms. The smallest absolute Gasteiger partial charge is 0.325 e. The fourth-order valence-electron chi connectivity index (χ4n) is 2.61. The van der Waals surface area contributed by atoms with Crippen molar-refractivity contribution >= 4 is 23.5 Å². The van der Waals surface area contributed by atoms with Gasteiger partial charge in [-0.05, 0) is 44.9 Å². The van der Waals surface area contributed by atoms with Crippen LogP contribution in [0.25, 0.3) is 5.69 Å². The van der Waals surface area contributed by atoms with Gasteiger partial charge < -0.3 is 9.64 Å². The third-order valence-electron chi connectivity index (χ3n) is 4.00. The van der Waals surface area contributed by atoms with Crippen LogP contribution in [0.3, 0.4) is 0 Å². The second-order valence-corrected chi connectivity index (χ2v) is 6.32. The van der Waals surface area contributed by atoms with Gasteiger partial charge in [0.2, 0.25) is 0 Å². The maximum Gasteiger partial charge on any atom is 0.325 e. The third-order valence-corrected chi connectivity index (χ3v) is 4.24. The van der Waals surface area contributed by atoms with Crippen LogP contribution >= 0.6 is 11.6 Å². The van der Waals surface area contributed by atoms with E-state index >= 15 is 0 Å². The number of aromatic nitrogens is 3. The summed E-state index contributed by atoms with van der Waals surface area (Å²) in [5, 5.41) is 8.67. The summed E-state index contributed by atoms with van der Waals surface area (Å²) in [4.78, 5) is 26.2. The molecule has 0 atom stereocenters. The van der Waals surface area contributed by atoms with E-state index in [2.05, 4.69) is 10.3 Å². The molecule has 2 aromatic rings. The van der Waals surface area contributed by atoms with Gasteiger partial charge in [0.1, 0.15) is 6.54 Å². The Balaban J connectivity index is 1.85. The number of carbonyl (C=O) groups is 2. The first kappa shape index (κ1) is 17.4. The van der Waals surface area contributed by atoms with Crippen LogP contribution in [0.5, 0.6) is 0 Å². The molecule has 0 saturated heterocycles. The molecule has 1 aliphatic rings. The minimum atomic E-state index is -0.414. The summed E-state index contributed by atoms with van der Waals surface area (Å²) in [5.41, 5.74) is 1.55. The molecule has 0 N–H and O–H groups in total. The molecule has 1 aromatic heterocycles. The normalized spacial score (nSPS) is 13.6. The van der Waals surface area contributed by atoms with Crippen molar-refractivity contribution < 1.29 is 14.3 Å². The van der Waals surface area contributed by atoms with Crippen molar-refractivity contribution in [2.45, 2.75) is 32.7 Å². The summed E-state index contributed by atoms with van der Waals surface area (Å²) < 4.78 is 6.53. The van der Waals surface area contributed by atoms with Crippen LogP contribution in [-0.4, -0.2) is 51.0 Å². The molecule has 1 aromatic carbocycles.